The average Bonchev–Trinajstić information content (AvgIpc) is 2.36. The molecule has 0 aliphatic heterocycles. The Morgan fingerprint density at radius 3 is 2.67 bits per heavy atom. The highest BCUT2D eigenvalue weighted by molar-refractivity contribution is 9.10. The van der Waals surface area contributed by atoms with E-state index in [-0.39, 0.29) is 15.9 Å². The Kier molecular flexibility index (Phi) is 3.49. The van der Waals surface area contributed by atoms with Crippen LogP contribution in [-0.2, 0) is 0 Å². The Morgan fingerprint density at radius 2 is 1.94 bits per heavy atom. The number of nitrogens with two attached hydrogens (primary N) is 1. The predicted molar refractivity (Wildman–Crippen MR) is 69.7 cm³/mol. The second-order valence-corrected chi connectivity index (χ2v) is 4.37. The van der Waals surface area contributed by atoms with Crippen molar-refractivity contribution >= 4 is 21.6 Å². The number of nitriles is 1. The van der Waals surface area contributed by atoms with Gasteiger partial charge in [-0.2, -0.15) is 5.26 Å². The fourth-order valence-electron chi connectivity index (χ4n) is 1.40. The number of hydrogen-bond acceptors (Lipinski definition) is 3. The van der Waals surface area contributed by atoms with Crippen LogP contribution in [0.15, 0.2) is 40.9 Å². The summed E-state index contributed by atoms with van der Waals surface area (Å²) in [6.45, 7) is 0. The fraction of sp³-hybridized carbons (Fsp3) is 0. The lowest BCUT2D eigenvalue weighted by Gasteiger charge is -2.10. The van der Waals surface area contributed by atoms with Gasteiger partial charge in [0.15, 0.2) is 5.75 Å². The SMILES string of the molecule is N#Cc1ccccc1Oc1cc(F)c(Br)cc1N. The maximum absolute atomic E-state index is 13.4. The molecule has 0 fully saturated rings. The highest BCUT2D eigenvalue weighted by Gasteiger charge is 2.10. The van der Waals surface area contributed by atoms with Gasteiger partial charge in [0.2, 0.25) is 0 Å². The zero-order chi connectivity index (χ0) is 13.1. The van der Waals surface area contributed by atoms with Gasteiger partial charge in [0.1, 0.15) is 17.6 Å². The van der Waals surface area contributed by atoms with Crippen molar-refractivity contribution in [3.63, 3.8) is 0 Å². The minimum absolute atomic E-state index is 0.179. The van der Waals surface area contributed by atoms with Gasteiger partial charge in [-0.05, 0) is 34.1 Å². The van der Waals surface area contributed by atoms with Gasteiger partial charge >= 0.3 is 0 Å². The Morgan fingerprint density at radius 1 is 1.22 bits per heavy atom. The number of benzene rings is 2. The summed E-state index contributed by atoms with van der Waals surface area (Å²) >= 11 is 3.03. The first-order valence-corrected chi connectivity index (χ1v) is 5.82. The number of hydrogen-bond donors (Lipinski definition) is 1. The zero-order valence-electron chi connectivity index (χ0n) is 9.15. The highest BCUT2D eigenvalue weighted by atomic mass is 79.9. The largest absolute Gasteiger partial charge is 0.454 e. The number of para-hydroxylation sites is 1. The summed E-state index contributed by atoms with van der Waals surface area (Å²) in [7, 11) is 0. The van der Waals surface area contributed by atoms with Crippen LogP contribution in [0.1, 0.15) is 5.56 Å². The molecule has 0 aliphatic carbocycles. The second kappa shape index (κ2) is 5.07. The molecule has 2 rings (SSSR count). The van der Waals surface area contributed by atoms with E-state index in [1.807, 2.05) is 6.07 Å². The van der Waals surface area contributed by atoms with Crippen LogP contribution in [0.2, 0.25) is 0 Å². The molecule has 5 heteroatoms. The summed E-state index contributed by atoms with van der Waals surface area (Å²) in [6, 6.07) is 11.3. The van der Waals surface area contributed by atoms with Crippen LogP contribution in [0.4, 0.5) is 10.1 Å². The summed E-state index contributed by atoms with van der Waals surface area (Å²) < 4.78 is 19.1. The molecule has 3 nitrogen and oxygen atoms in total. The van der Waals surface area contributed by atoms with E-state index in [1.54, 1.807) is 24.3 Å². The van der Waals surface area contributed by atoms with Crippen molar-refractivity contribution in [3.8, 4) is 17.6 Å². The maximum atomic E-state index is 13.4. The lowest BCUT2D eigenvalue weighted by Crippen LogP contribution is -1.95. The van der Waals surface area contributed by atoms with Gasteiger partial charge < -0.3 is 10.5 Å². The summed E-state index contributed by atoms with van der Waals surface area (Å²) in [5, 5.41) is 8.92. The first kappa shape index (κ1) is 12.4. The van der Waals surface area contributed by atoms with Gasteiger partial charge in [-0.3, -0.25) is 0 Å². The minimum atomic E-state index is -0.478. The van der Waals surface area contributed by atoms with E-state index in [0.29, 0.717) is 11.3 Å². The van der Waals surface area contributed by atoms with Crippen molar-refractivity contribution in [3.05, 3.63) is 52.3 Å². The van der Waals surface area contributed by atoms with Crippen molar-refractivity contribution < 1.29 is 9.13 Å². The van der Waals surface area contributed by atoms with E-state index in [2.05, 4.69) is 15.9 Å². The maximum Gasteiger partial charge on any atom is 0.153 e. The number of anilines is 1. The van der Waals surface area contributed by atoms with Crippen molar-refractivity contribution in [2.24, 2.45) is 0 Å². The first-order valence-electron chi connectivity index (χ1n) is 5.03. The van der Waals surface area contributed by atoms with E-state index >= 15 is 0 Å². The highest BCUT2D eigenvalue weighted by Crippen LogP contribution is 2.33. The van der Waals surface area contributed by atoms with Crippen LogP contribution in [-0.4, -0.2) is 0 Å². The number of nitrogens with zero attached hydrogens (tertiary/aromatic N) is 1. The van der Waals surface area contributed by atoms with Crippen LogP contribution in [0, 0.1) is 17.1 Å². The molecule has 0 atom stereocenters. The summed E-state index contributed by atoms with van der Waals surface area (Å²) in [5.41, 5.74) is 6.37. The topological polar surface area (TPSA) is 59.0 Å². The molecular formula is C13H8BrFN2O. The van der Waals surface area contributed by atoms with E-state index in [4.69, 9.17) is 15.7 Å². The molecule has 0 bridgehead atoms. The lowest BCUT2D eigenvalue weighted by molar-refractivity contribution is 0.477. The molecule has 2 aromatic carbocycles. The van der Waals surface area contributed by atoms with Crippen molar-refractivity contribution in [1.29, 1.82) is 5.26 Å². The third-order valence-electron chi connectivity index (χ3n) is 2.28. The summed E-state index contributed by atoms with van der Waals surface area (Å²) in [6.07, 6.45) is 0. The zero-order valence-corrected chi connectivity index (χ0v) is 10.7. The number of nitrogen functional groups attached to an aromatic ring is 1. The number of rotatable bonds is 2. The van der Waals surface area contributed by atoms with Crippen LogP contribution in [0.3, 0.4) is 0 Å². The second-order valence-electron chi connectivity index (χ2n) is 3.51. The van der Waals surface area contributed by atoms with Crippen LogP contribution < -0.4 is 10.5 Å². The predicted octanol–water partition coefficient (Wildman–Crippen LogP) is 3.83. The molecule has 0 saturated carbocycles. The van der Waals surface area contributed by atoms with Gasteiger partial charge in [0.25, 0.3) is 0 Å². The normalized spacial score (nSPS) is 9.83. The van der Waals surface area contributed by atoms with Gasteiger partial charge in [-0.25, -0.2) is 4.39 Å². The van der Waals surface area contributed by atoms with Gasteiger partial charge in [-0.1, -0.05) is 12.1 Å². The first-order chi connectivity index (χ1) is 8.61. The smallest absolute Gasteiger partial charge is 0.153 e. The molecule has 0 unspecified atom stereocenters. The van der Waals surface area contributed by atoms with Crippen LogP contribution in [0.25, 0.3) is 0 Å². The molecule has 0 radical (unpaired) electrons. The lowest BCUT2D eigenvalue weighted by atomic mass is 10.2. The van der Waals surface area contributed by atoms with Gasteiger partial charge in [0, 0.05) is 6.07 Å². The van der Waals surface area contributed by atoms with Crippen LogP contribution in [0.5, 0.6) is 11.5 Å². The van der Waals surface area contributed by atoms with E-state index in [0.717, 1.165) is 0 Å². The summed E-state index contributed by atoms with van der Waals surface area (Å²) in [4.78, 5) is 0. The molecule has 2 aromatic rings. The number of ether oxygens (including phenoxy) is 1. The standard InChI is InChI=1S/C13H8BrFN2O/c14-9-5-11(17)13(6-10(9)15)18-12-4-2-1-3-8(12)7-16/h1-6H,17H2. The molecule has 90 valence electrons. The van der Waals surface area contributed by atoms with Crippen molar-refractivity contribution in [1.82, 2.24) is 0 Å². The fourth-order valence-corrected chi connectivity index (χ4v) is 1.76. The molecule has 18 heavy (non-hydrogen) atoms. The Labute approximate surface area is 112 Å². The molecular weight excluding hydrogens is 299 g/mol. The molecule has 0 amide bonds. The molecule has 0 spiro atoms. The monoisotopic (exact) mass is 306 g/mol. The quantitative estimate of drug-likeness (QED) is 0.858. The average molecular weight is 307 g/mol. The molecule has 0 heterocycles. The molecule has 0 aromatic heterocycles. The van der Waals surface area contributed by atoms with E-state index in [9.17, 15) is 4.39 Å². The minimum Gasteiger partial charge on any atom is -0.454 e. The van der Waals surface area contributed by atoms with E-state index in [1.165, 1.54) is 12.1 Å². The Balaban J connectivity index is 2.41. The van der Waals surface area contributed by atoms with Gasteiger partial charge in [0.05, 0.1) is 15.7 Å². The molecule has 2 N–H and O–H groups in total. The summed E-state index contributed by atoms with van der Waals surface area (Å²) in [5.74, 6) is 0.0421. The molecule has 0 saturated heterocycles. The third kappa shape index (κ3) is 2.44. The third-order valence-corrected chi connectivity index (χ3v) is 2.89. The van der Waals surface area contributed by atoms with Crippen LogP contribution >= 0.6 is 15.9 Å². The Bertz CT molecular complexity index is 637. The van der Waals surface area contributed by atoms with Crippen molar-refractivity contribution in [2.75, 3.05) is 5.73 Å². The molecule has 0 aliphatic rings. The van der Waals surface area contributed by atoms with Crippen molar-refractivity contribution in [2.45, 2.75) is 0 Å². The van der Waals surface area contributed by atoms with Gasteiger partial charge in [-0.15, -0.1) is 0 Å². The van der Waals surface area contributed by atoms with E-state index < -0.39 is 5.82 Å². The Hall–Kier alpha value is -2.06. The number of halogens is 2.